The Bertz CT molecular complexity index is 844. The molecule has 0 amide bonds. The summed E-state index contributed by atoms with van der Waals surface area (Å²) in [7, 11) is 0. The number of aromatic nitrogens is 3. The van der Waals surface area contributed by atoms with E-state index in [1.807, 2.05) is 35.1 Å². The van der Waals surface area contributed by atoms with Gasteiger partial charge in [-0.1, -0.05) is 25.1 Å². The van der Waals surface area contributed by atoms with Crippen LogP contribution in [0.2, 0.25) is 0 Å². The third-order valence-corrected chi connectivity index (χ3v) is 5.35. The van der Waals surface area contributed by atoms with Crippen molar-refractivity contribution in [1.29, 1.82) is 0 Å². The highest BCUT2D eigenvalue weighted by molar-refractivity contribution is 5.62. The molecule has 3 aromatic rings. The lowest BCUT2D eigenvalue weighted by atomic mass is 10.1. The van der Waals surface area contributed by atoms with Gasteiger partial charge in [-0.15, -0.1) is 0 Å². The number of rotatable bonds is 7. The van der Waals surface area contributed by atoms with E-state index >= 15 is 0 Å². The zero-order valence-electron chi connectivity index (χ0n) is 15.9. The Morgan fingerprint density at radius 1 is 1.15 bits per heavy atom. The number of likely N-dealkylation sites (tertiary alicyclic amines) is 1. The topological polar surface area (TPSA) is 46.0 Å². The first-order valence-corrected chi connectivity index (χ1v) is 9.84. The lowest BCUT2D eigenvalue weighted by Crippen LogP contribution is -2.37. The highest BCUT2D eigenvalue weighted by Crippen LogP contribution is 2.23. The quantitative estimate of drug-likeness (QED) is 0.699. The third kappa shape index (κ3) is 4.10. The van der Waals surface area contributed by atoms with Gasteiger partial charge in [0.25, 0.3) is 0 Å². The molecule has 0 aliphatic carbocycles. The minimum Gasteiger partial charge on any atom is -0.311 e. The SMILES string of the molecule is CCN1CCCC1CNCc1cn(-c2ccccc2)nc1-c1cccnc1. The molecule has 3 heterocycles. The molecule has 140 valence electrons. The molecule has 5 nitrogen and oxygen atoms in total. The molecule has 1 N–H and O–H groups in total. The van der Waals surface area contributed by atoms with E-state index < -0.39 is 0 Å². The normalized spacial score (nSPS) is 17.4. The molecule has 0 saturated carbocycles. The molecule has 1 atom stereocenters. The van der Waals surface area contributed by atoms with Crippen LogP contribution in [0.5, 0.6) is 0 Å². The van der Waals surface area contributed by atoms with Gasteiger partial charge in [0, 0.05) is 48.8 Å². The summed E-state index contributed by atoms with van der Waals surface area (Å²) in [5.41, 5.74) is 4.33. The molecule has 5 heteroatoms. The van der Waals surface area contributed by atoms with Crippen molar-refractivity contribution in [2.45, 2.75) is 32.4 Å². The van der Waals surface area contributed by atoms with E-state index in [0.29, 0.717) is 6.04 Å². The molecular formula is C22H27N5. The molecule has 0 bridgehead atoms. The zero-order chi connectivity index (χ0) is 18.5. The Morgan fingerprint density at radius 2 is 2.04 bits per heavy atom. The van der Waals surface area contributed by atoms with Crippen LogP contribution < -0.4 is 5.32 Å². The molecule has 27 heavy (non-hydrogen) atoms. The predicted octanol–water partition coefficient (Wildman–Crippen LogP) is 3.51. The van der Waals surface area contributed by atoms with E-state index in [0.717, 1.165) is 36.6 Å². The first-order chi connectivity index (χ1) is 13.3. The molecule has 1 aliphatic rings. The average Bonchev–Trinajstić information content (AvgIpc) is 3.36. The fraction of sp³-hybridized carbons (Fsp3) is 0.364. The van der Waals surface area contributed by atoms with Crippen LogP contribution in [0.3, 0.4) is 0 Å². The smallest absolute Gasteiger partial charge is 0.0988 e. The summed E-state index contributed by atoms with van der Waals surface area (Å²) < 4.78 is 1.97. The predicted molar refractivity (Wildman–Crippen MR) is 109 cm³/mol. The summed E-state index contributed by atoms with van der Waals surface area (Å²) in [6, 6.07) is 15.0. The summed E-state index contributed by atoms with van der Waals surface area (Å²) >= 11 is 0. The number of nitrogens with one attached hydrogen (secondary N) is 1. The van der Waals surface area contributed by atoms with Crippen LogP contribution in [0.4, 0.5) is 0 Å². The van der Waals surface area contributed by atoms with Crippen molar-refractivity contribution in [3.63, 3.8) is 0 Å². The molecule has 1 aromatic carbocycles. The first kappa shape index (κ1) is 17.9. The number of hydrogen-bond acceptors (Lipinski definition) is 4. The maximum atomic E-state index is 4.86. The average molecular weight is 361 g/mol. The number of benzene rings is 1. The van der Waals surface area contributed by atoms with E-state index in [9.17, 15) is 0 Å². The Kier molecular flexibility index (Phi) is 5.61. The molecule has 1 fully saturated rings. The lowest BCUT2D eigenvalue weighted by molar-refractivity contribution is 0.260. The Hall–Kier alpha value is -2.50. The zero-order valence-corrected chi connectivity index (χ0v) is 15.9. The Balaban J connectivity index is 1.54. The first-order valence-electron chi connectivity index (χ1n) is 9.84. The largest absolute Gasteiger partial charge is 0.311 e. The second-order valence-corrected chi connectivity index (χ2v) is 7.08. The molecule has 0 radical (unpaired) electrons. The monoisotopic (exact) mass is 361 g/mol. The second-order valence-electron chi connectivity index (χ2n) is 7.08. The maximum absolute atomic E-state index is 4.86. The van der Waals surface area contributed by atoms with Crippen molar-refractivity contribution in [2.75, 3.05) is 19.6 Å². The van der Waals surface area contributed by atoms with E-state index in [1.165, 1.54) is 24.9 Å². The van der Waals surface area contributed by atoms with Gasteiger partial charge in [-0.2, -0.15) is 5.10 Å². The molecular weight excluding hydrogens is 334 g/mol. The third-order valence-electron chi connectivity index (χ3n) is 5.35. The fourth-order valence-electron chi connectivity index (χ4n) is 3.91. The van der Waals surface area contributed by atoms with Crippen molar-refractivity contribution in [3.05, 3.63) is 66.6 Å². The van der Waals surface area contributed by atoms with Gasteiger partial charge in [0.2, 0.25) is 0 Å². The van der Waals surface area contributed by atoms with E-state index in [-0.39, 0.29) is 0 Å². The molecule has 2 aromatic heterocycles. The molecule has 0 spiro atoms. The minimum absolute atomic E-state index is 0.654. The van der Waals surface area contributed by atoms with Gasteiger partial charge in [0.1, 0.15) is 0 Å². The highest BCUT2D eigenvalue weighted by atomic mass is 15.3. The van der Waals surface area contributed by atoms with Crippen molar-refractivity contribution >= 4 is 0 Å². The molecule has 1 unspecified atom stereocenters. The molecule has 1 saturated heterocycles. The second kappa shape index (κ2) is 8.46. The number of likely N-dealkylation sites (N-methyl/N-ethyl adjacent to an activating group) is 1. The standard InChI is InChI=1S/C22H27N5/c1-2-26-13-7-11-21(26)16-24-15-19-17-27(20-9-4-3-5-10-20)25-22(19)18-8-6-12-23-14-18/h3-6,8-10,12,14,17,21,24H,2,7,11,13,15-16H2,1H3. The van der Waals surface area contributed by atoms with Crippen LogP contribution in [0.25, 0.3) is 16.9 Å². The fourth-order valence-corrected chi connectivity index (χ4v) is 3.91. The van der Waals surface area contributed by atoms with Gasteiger partial charge in [0.05, 0.1) is 11.4 Å². The van der Waals surface area contributed by atoms with E-state index in [2.05, 4.69) is 46.5 Å². The van der Waals surface area contributed by atoms with Gasteiger partial charge in [-0.05, 0) is 50.2 Å². The van der Waals surface area contributed by atoms with Gasteiger partial charge < -0.3 is 5.32 Å². The number of pyridine rings is 1. The van der Waals surface area contributed by atoms with Crippen LogP contribution in [0, 0.1) is 0 Å². The van der Waals surface area contributed by atoms with Crippen molar-refractivity contribution in [3.8, 4) is 16.9 Å². The van der Waals surface area contributed by atoms with Crippen LogP contribution in [-0.2, 0) is 6.54 Å². The number of nitrogens with zero attached hydrogens (tertiary/aromatic N) is 4. The number of para-hydroxylation sites is 1. The summed E-state index contributed by atoms with van der Waals surface area (Å²) in [6.45, 7) is 6.46. The van der Waals surface area contributed by atoms with Crippen molar-refractivity contribution in [2.24, 2.45) is 0 Å². The lowest BCUT2D eigenvalue weighted by Gasteiger charge is -2.22. The van der Waals surface area contributed by atoms with Crippen molar-refractivity contribution in [1.82, 2.24) is 25.0 Å². The maximum Gasteiger partial charge on any atom is 0.0988 e. The van der Waals surface area contributed by atoms with Crippen LogP contribution in [-0.4, -0.2) is 45.3 Å². The van der Waals surface area contributed by atoms with Gasteiger partial charge in [-0.3, -0.25) is 9.88 Å². The Morgan fingerprint density at radius 3 is 2.81 bits per heavy atom. The summed E-state index contributed by atoms with van der Waals surface area (Å²) in [5, 5.41) is 8.53. The molecule has 1 aliphatic heterocycles. The van der Waals surface area contributed by atoms with Crippen molar-refractivity contribution < 1.29 is 0 Å². The van der Waals surface area contributed by atoms with Gasteiger partial charge in [-0.25, -0.2) is 4.68 Å². The van der Waals surface area contributed by atoms with Crippen LogP contribution in [0.15, 0.2) is 61.1 Å². The Labute approximate surface area is 161 Å². The molecule has 4 rings (SSSR count). The summed E-state index contributed by atoms with van der Waals surface area (Å²) in [6.07, 6.45) is 8.43. The van der Waals surface area contributed by atoms with Gasteiger partial charge in [0.15, 0.2) is 0 Å². The van der Waals surface area contributed by atoms with E-state index in [4.69, 9.17) is 5.10 Å². The minimum atomic E-state index is 0.654. The number of hydrogen-bond donors (Lipinski definition) is 1. The van der Waals surface area contributed by atoms with Crippen LogP contribution in [0.1, 0.15) is 25.3 Å². The summed E-state index contributed by atoms with van der Waals surface area (Å²) in [4.78, 5) is 6.84. The van der Waals surface area contributed by atoms with Crippen LogP contribution >= 0.6 is 0 Å². The van der Waals surface area contributed by atoms with E-state index in [1.54, 1.807) is 6.20 Å². The highest BCUT2D eigenvalue weighted by Gasteiger charge is 2.22. The van der Waals surface area contributed by atoms with Gasteiger partial charge >= 0.3 is 0 Å². The summed E-state index contributed by atoms with van der Waals surface area (Å²) in [5.74, 6) is 0.